The molecule has 0 unspecified atom stereocenters. The topological polar surface area (TPSA) is 0 Å². The molecule has 0 fully saturated rings. The molecule has 9 heavy (non-hydrogen) atoms. The molecule has 0 atom stereocenters. The Balaban J connectivity index is 3.29. The first-order chi connectivity index (χ1) is 4.13. The van der Waals surface area contributed by atoms with E-state index in [1.165, 1.54) is 22.3 Å². The minimum atomic E-state index is 1.42. The van der Waals surface area contributed by atoms with Gasteiger partial charge >= 0.3 is 0 Å². The van der Waals surface area contributed by atoms with Gasteiger partial charge in [0.2, 0.25) is 0 Å². The van der Waals surface area contributed by atoms with Crippen molar-refractivity contribution in [2.75, 3.05) is 0 Å². The van der Waals surface area contributed by atoms with Crippen LogP contribution in [0.1, 0.15) is 22.3 Å². The van der Waals surface area contributed by atoms with Crippen LogP contribution >= 0.6 is 0 Å². The molecule has 0 aliphatic rings. The molecular weight excluding hydrogens is 108 g/mol. The molecule has 0 saturated heterocycles. The summed E-state index contributed by atoms with van der Waals surface area (Å²) in [5, 5.41) is 0. The van der Waals surface area contributed by atoms with Crippen molar-refractivity contribution < 1.29 is 0 Å². The fourth-order valence-corrected chi connectivity index (χ4v) is 1.13. The highest BCUT2D eigenvalue weighted by molar-refractivity contribution is 5.41. The van der Waals surface area contributed by atoms with Crippen LogP contribution in [-0.4, -0.2) is 0 Å². The number of aryl methyl sites for hydroxylation is 2. The Morgan fingerprint density at radius 3 is 1.89 bits per heavy atom. The van der Waals surface area contributed by atoms with Gasteiger partial charge in [0.1, 0.15) is 0 Å². The van der Waals surface area contributed by atoms with E-state index in [1.54, 1.807) is 0 Å². The first-order valence-electron chi connectivity index (χ1n) is 3.33. The van der Waals surface area contributed by atoms with E-state index in [1.807, 2.05) is 0 Å². The second kappa shape index (κ2) is 1.94. The van der Waals surface area contributed by atoms with Gasteiger partial charge < -0.3 is 0 Å². The predicted molar refractivity (Wildman–Crippen MR) is 41.0 cm³/mol. The molecule has 0 saturated carbocycles. The predicted octanol–water partition coefficient (Wildman–Crippen LogP) is 2.64. The average molecular weight is 121 g/mol. The Bertz CT molecular complexity index is 194. The summed E-state index contributed by atoms with van der Waals surface area (Å²) in [5.41, 5.74) is 5.75. The molecule has 0 aliphatic carbocycles. The lowest BCUT2D eigenvalue weighted by atomic mass is 10.2. The molecule has 1 aromatic carbocycles. The molecule has 0 N–H and O–H groups in total. The van der Waals surface area contributed by atoms with E-state index in [2.05, 4.69) is 33.8 Å². The average Bonchev–Trinajstić information content (AvgIpc) is 1.98. The van der Waals surface area contributed by atoms with Crippen LogP contribution in [0.5, 0.6) is 0 Å². The van der Waals surface area contributed by atoms with Crippen molar-refractivity contribution in [3.8, 4) is 0 Å². The Morgan fingerprint density at radius 1 is 1.22 bits per heavy atom. The zero-order valence-corrected chi connectivity index (χ0v) is 6.58. The van der Waals surface area contributed by atoms with E-state index in [-0.39, 0.29) is 0 Å². The van der Waals surface area contributed by atoms with Crippen molar-refractivity contribution >= 4 is 0 Å². The van der Waals surface area contributed by atoms with Crippen LogP contribution in [0.4, 0.5) is 0 Å². The highest BCUT2D eigenvalue weighted by atomic mass is 14.1. The maximum atomic E-state index is 2.24. The highest BCUT2D eigenvalue weighted by Crippen LogP contribution is 2.18. The summed E-state index contributed by atoms with van der Waals surface area (Å²) in [7, 11) is 0. The molecule has 0 radical (unpaired) electrons. The quantitative estimate of drug-likeness (QED) is 0.463. The fraction of sp³-hybridized carbons (Fsp3) is 0.444. The van der Waals surface area contributed by atoms with Gasteiger partial charge in [0.05, 0.1) is 0 Å². The maximum Gasteiger partial charge on any atom is -0.0630 e. The molecule has 0 aromatic heterocycles. The summed E-state index contributed by atoms with van der Waals surface area (Å²) >= 11 is 0. The molecule has 0 nitrogen and oxygen atoms in total. The van der Waals surface area contributed by atoms with Gasteiger partial charge in [-0.2, -0.15) is 28.3 Å². The Labute approximate surface area is 56.9 Å². The van der Waals surface area contributed by atoms with Crippen LogP contribution in [0.2, 0.25) is 0 Å². The zero-order chi connectivity index (χ0) is 7.02. The molecule has 0 aliphatic heterocycles. The van der Waals surface area contributed by atoms with Crippen LogP contribution < -0.4 is 0 Å². The van der Waals surface area contributed by atoms with Crippen molar-refractivity contribution in [2.45, 2.75) is 27.7 Å². The molecule has 1 rings (SSSR count). The summed E-state index contributed by atoms with van der Waals surface area (Å²) in [5.74, 6) is 0. The fourth-order valence-electron chi connectivity index (χ4n) is 1.13. The van der Waals surface area contributed by atoms with Crippen molar-refractivity contribution in [3.05, 3.63) is 28.3 Å². The lowest BCUT2D eigenvalue weighted by Crippen LogP contribution is -1.73. The first-order valence-corrected chi connectivity index (χ1v) is 3.33. The number of hydrogen-bond donors (Lipinski definition) is 0. The van der Waals surface area contributed by atoms with Gasteiger partial charge in [-0.15, -0.1) is 0 Å². The van der Waals surface area contributed by atoms with Crippen molar-refractivity contribution in [2.24, 2.45) is 0 Å². The van der Waals surface area contributed by atoms with Gasteiger partial charge in [-0.3, -0.25) is 0 Å². The van der Waals surface area contributed by atoms with E-state index in [0.717, 1.165) is 0 Å². The van der Waals surface area contributed by atoms with Crippen LogP contribution in [-0.2, 0) is 0 Å². The standard InChI is InChI=1S/C9H13/c1-6-5-7(2)9(4)8(6)3/h5H,1-4H3/q-1. The summed E-state index contributed by atoms with van der Waals surface area (Å²) in [6.07, 6.45) is 0. The second-order valence-corrected chi connectivity index (χ2v) is 2.76. The largest absolute Gasteiger partial charge is 0.199 e. The molecule has 0 spiro atoms. The van der Waals surface area contributed by atoms with Crippen LogP contribution in [0.15, 0.2) is 6.07 Å². The normalized spacial score (nSPS) is 10.2. The second-order valence-electron chi connectivity index (χ2n) is 2.76. The van der Waals surface area contributed by atoms with E-state index in [4.69, 9.17) is 0 Å². The molecule has 0 amide bonds. The summed E-state index contributed by atoms with van der Waals surface area (Å²) < 4.78 is 0. The molecule has 0 bridgehead atoms. The maximum absolute atomic E-state index is 2.24. The lowest BCUT2D eigenvalue weighted by Gasteiger charge is -2.02. The molecular formula is C9H13-. The minimum absolute atomic E-state index is 1.42. The summed E-state index contributed by atoms with van der Waals surface area (Å²) in [4.78, 5) is 0. The third-order valence-electron chi connectivity index (χ3n) is 2.18. The highest BCUT2D eigenvalue weighted by Gasteiger charge is 1.89. The van der Waals surface area contributed by atoms with Crippen LogP contribution in [0.3, 0.4) is 0 Å². The van der Waals surface area contributed by atoms with Gasteiger partial charge in [0.25, 0.3) is 0 Å². The van der Waals surface area contributed by atoms with Crippen molar-refractivity contribution in [1.29, 1.82) is 0 Å². The molecule has 1 aromatic rings. The Kier molecular flexibility index (Phi) is 1.40. The van der Waals surface area contributed by atoms with Gasteiger partial charge in [-0.1, -0.05) is 27.7 Å². The third-order valence-corrected chi connectivity index (χ3v) is 2.18. The SMILES string of the molecule is Cc1c[c-](C)c(C)c1C. The van der Waals surface area contributed by atoms with E-state index in [9.17, 15) is 0 Å². The molecule has 0 heteroatoms. The van der Waals surface area contributed by atoms with Crippen LogP contribution in [0.25, 0.3) is 0 Å². The Hall–Kier alpha value is -0.650. The van der Waals surface area contributed by atoms with E-state index >= 15 is 0 Å². The van der Waals surface area contributed by atoms with Gasteiger partial charge in [0, 0.05) is 0 Å². The Morgan fingerprint density at radius 2 is 1.78 bits per heavy atom. The van der Waals surface area contributed by atoms with Crippen LogP contribution in [0, 0.1) is 27.7 Å². The lowest BCUT2D eigenvalue weighted by molar-refractivity contribution is 1.32. The van der Waals surface area contributed by atoms with E-state index in [0.29, 0.717) is 0 Å². The number of hydrogen-bond acceptors (Lipinski definition) is 0. The van der Waals surface area contributed by atoms with Gasteiger partial charge in [-0.05, 0) is 0 Å². The van der Waals surface area contributed by atoms with Crippen molar-refractivity contribution in [1.82, 2.24) is 0 Å². The van der Waals surface area contributed by atoms with E-state index < -0.39 is 0 Å². The molecule has 0 heterocycles. The van der Waals surface area contributed by atoms with Gasteiger partial charge in [0.15, 0.2) is 0 Å². The monoisotopic (exact) mass is 121 g/mol. The molecule has 50 valence electrons. The minimum Gasteiger partial charge on any atom is -0.199 e. The summed E-state index contributed by atoms with van der Waals surface area (Å²) in [6.45, 7) is 8.68. The smallest absolute Gasteiger partial charge is 0.0630 e. The first kappa shape index (κ1) is 6.47. The van der Waals surface area contributed by atoms with Crippen molar-refractivity contribution in [3.63, 3.8) is 0 Å². The third kappa shape index (κ3) is 0.893. The zero-order valence-electron chi connectivity index (χ0n) is 6.58. The summed E-state index contributed by atoms with van der Waals surface area (Å²) in [6, 6.07) is 2.24. The van der Waals surface area contributed by atoms with Gasteiger partial charge in [-0.25, -0.2) is 0 Å². The number of rotatable bonds is 0.